The van der Waals surface area contributed by atoms with E-state index in [2.05, 4.69) is 4.98 Å². The monoisotopic (exact) mass is 190 g/mol. The number of aryl methyl sites for hydroxylation is 1. The van der Waals surface area contributed by atoms with Crippen molar-refractivity contribution in [1.82, 2.24) is 9.55 Å². The van der Waals surface area contributed by atoms with Crippen LogP contribution in [0.4, 0.5) is 0 Å². The second-order valence-electron chi connectivity index (χ2n) is 3.04. The Morgan fingerprint density at radius 1 is 1.64 bits per heavy atom. The van der Waals surface area contributed by atoms with Gasteiger partial charge in [0.1, 0.15) is 5.76 Å². The first-order chi connectivity index (χ1) is 6.79. The Kier molecular flexibility index (Phi) is 2.18. The Balaban J connectivity index is 2.22. The van der Waals surface area contributed by atoms with Gasteiger partial charge in [0.05, 0.1) is 18.4 Å². The van der Waals surface area contributed by atoms with Crippen LogP contribution in [0.1, 0.15) is 22.1 Å². The molecule has 4 heteroatoms. The summed E-state index contributed by atoms with van der Waals surface area (Å²) >= 11 is 0. The minimum absolute atomic E-state index is 0.495. The number of aldehydes is 1. The molecule has 0 fully saturated rings. The summed E-state index contributed by atoms with van der Waals surface area (Å²) in [6.07, 6.45) is 4.30. The molecule has 0 radical (unpaired) electrons. The van der Waals surface area contributed by atoms with E-state index in [4.69, 9.17) is 4.42 Å². The second kappa shape index (κ2) is 3.49. The second-order valence-corrected chi connectivity index (χ2v) is 3.04. The first-order valence-electron chi connectivity index (χ1n) is 4.31. The first-order valence-corrected chi connectivity index (χ1v) is 4.31. The van der Waals surface area contributed by atoms with E-state index < -0.39 is 0 Å². The maximum Gasteiger partial charge on any atom is 0.214 e. The van der Waals surface area contributed by atoms with Gasteiger partial charge in [-0.15, -0.1) is 0 Å². The third-order valence-electron chi connectivity index (χ3n) is 1.96. The Morgan fingerprint density at radius 2 is 2.50 bits per heavy atom. The van der Waals surface area contributed by atoms with Gasteiger partial charge < -0.3 is 8.98 Å². The molecule has 2 aromatic rings. The molecule has 0 spiro atoms. The number of hydrogen-bond donors (Lipinski definition) is 0. The Hall–Kier alpha value is -1.84. The highest BCUT2D eigenvalue weighted by molar-refractivity contribution is 5.72. The van der Waals surface area contributed by atoms with Crippen LogP contribution in [-0.4, -0.2) is 15.8 Å². The fourth-order valence-corrected chi connectivity index (χ4v) is 1.30. The molecule has 0 aliphatic heterocycles. The lowest BCUT2D eigenvalue weighted by atomic mass is 10.4. The molecule has 72 valence electrons. The normalized spacial score (nSPS) is 10.4. The van der Waals surface area contributed by atoms with E-state index in [1.165, 1.54) is 0 Å². The van der Waals surface area contributed by atoms with Gasteiger partial charge in [-0.25, -0.2) is 4.98 Å². The Labute approximate surface area is 81.2 Å². The molecular weight excluding hydrogens is 180 g/mol. The summed E-state index contributed by atoms with van der Waals surface area (Å²) < 4.78 is 7.10. The molecule has 0 unspecified atom stereocenters. The topological polar surface area (TPSA) is 48.0 Å². The van der Waals surface area contributed by atoms with Crippen molar-refractivity contribution < 1.29 is 9.21 Å². The summed E-state index contributed by atoms with van der Waals surface area (Å²) in [5.74, 6) is 1.39. The third-order valence-corrected chi connectivity index (χ3v) is 1.96. The molecule has 2 aromatic heterocycles. The summed E-state index contributed by atoms with van der Waals surface area (Å²) in [6.45, 7) is 2.34. The molecule has 0 aliphatic carbocycles. The highest BCUT2D eigenvalue weighted by Gasteiger charge is 2.04. The number of rotatable bonds is 3. The summed E-state index contributed by atoms with van der Waals surface area (Å²) in [7, 11) is 0. The quantitative estimate of drug-likeness (QED) is 0.691. The summed E-state index contributed by atoms with van der Waals surface area (Å²) in [5, 5.41) is 0. The van der Waals surface area contributed by atoms with E-state index in [0.29, 0.717) is 18.1 Å². The van der Waals surface area contributed by atoms with Gasteiger partial charge in [0, 0.05) is 6.20 Å². The highest BCUT2D eigenvalue weighted by Crippen LogP contribution is 2.06. The van der Waals surface area contributed by atoms with Crippen LogP contribution in [0.3, 0.4) is 0 Å². The Bertz CT molecular complexity index is 442. The molecule has 0 amide bonds. The van der Waals surface area contributed by atoms with E-state index in [-0.39, 0.29) is 0 Å². The number of nitrogens with zero attached hydrogens (tertiary/aromatic N) is 2. The van der Waals surface area contributed by atoms with Gasteiger partial charge in [0.25, 0.3) is 0 Å². The van der Waals surface area contributed by atoms with Gasteiger partial charge in [-0.05, 0) is 19.1 Å². The van der Waals surface area contributed by atoms with E-state index in [1.54, 1.807) is 16.8 Å². The highest BCUT2D eigenvalue weighted by atomic mass is 16.4. The van der Waals surface area contributed by atoms with Crippen LogP contribution in [-0.2, 0) is 6.54 Å². The number of hydrogen-bond acceptors (Lipinski definition) is 3. The fraction of sp³-hybridized carbons (Fsp3) is 0.200. The zero-order chi connectivity index (χ0) is 9.97. The predicted molar refractivity (Wildman–Crippen MR) is 50.2 cm³/mol. The van der Waals surface area contributed by atoms with Gasteiger partial charge in [0.15, 0.2) is 6.29 Å². The van der Waals surface area contributed by atoms with Crippen molar-refractivity contribution in [2.75, 3.05) is 0 Å². The van der Waals surface area contributed by atoms with E-state index in [0.717, 1.165) is 12.0 Å². The molecule has 4 nitrogen and oxygen atoms in total. The standard InChI is InChI=1S/C10H10N2O2/c1-8-5-11-10(14-8)6-12-4-2-3-9(12)7-13/h2-5,7H,6H2,1H3. The van der Waals surface area contributed by atoms with Crippen LogP contribution in [0.15, 0.2) is 28.9 Å². The largest absolute Gasteiger partial charge is 0.444 e. The average molecular weight is 190 g/mol. The maximum absolute atomic E-state index is 10.6. The summed E-state index contributed by atoms with van der Waals surface area (Å²) in [4.78, 5) is 14.7. The van der Waals surface area contributed by atoms with E-state index >= 15 is 0 Å². The molecule has 2 rings (SSSR count). The van der Waals surface area contributed by atoms with Crippen LogP contribution in [0, 0.1) is 6.92 Å². The summed E-state index contributed by atoms with van der Waals surface area (Å²) in [6, 6.07) is 3.57. The SMILES string of the molecule is Cc1cnc(Cn2cccc2C=O)o1. The maximum atomic E-state index is 10.6. The lowest BCUT2D eigenvalue weighted by Gasteiger charge is -2.00. The third kappa shape index (κ3) is 1.59. The Morgan fingerprint density at radius 3 is 3.14 bits per heavy atom. The van der Waals surface area contributed by atoms with Crippen molar-refractivity contribution in [3.63, 3.8) is 0 Å². The molecule has 0 aliphatic rings. The molecular formula is C10H10N2O2. The molecule has 14 heavy (non-hydrogen) atoms. The smallest absolute Gasteiger partial charge is 0.214 e. The predicted octanol–water partition coefficient (Wildman–Crippen LogP) is 1.65. The van der Waals surface area contributed by atoms with Gasteiger partial charge in [-0.2, -0.15) is 0 Å². The molecule has 2 heterocycles. The van der Waals surface area contributed by atoms with Crippen molar-refractivity contribution in [3.05, 3.63) is 41.9 Å². The van der Waals surface area contributed by atoms with Gasteiger partial charge in [-0.3, -0.25) is 4.79 Å². The average Bonchev–Trinajstić information content (AvgIpc) is 2.76. The minimum atomic E-state index is 0.495. The van der Waals surface area contributed by atoms with Crippen molar-refractivity contribution in [1.29, 1.82) is 0 Å². The molecule has 0 N–H and O–H groups in total. The van der Waals surface area contributed by atoms with Gasteiger partial charge >= 0.3 is 0 Å². The summed E-state index contributed by atoms with van der Waals surface area (Å²) in [5.41, 5.74) is 0.626. The molecule has 0 saturated heterocycles. The van der Waals surface area contributed by atoms with Crippen molar-refractivity contribution >= 4 is 6.29 Å². The first kappa shape index (κ1) is 8.74. The van der Waals surface area contributed by atoms with Gasteiger partial charge in [-0.1, -0.05) is 0 Å². The van der Waals surface area contributed by atoms with Gasteiger partial charge in [0.2, 0.25) is 5.89 Å². The zero-order valence-electron chi connectivity index (χ0n) is 7.80. The molecule has 0 atom stereocenters. The van der Waals surface area contributed by atoms with Crippen molar-refractivity contribution in [3.8, 4) is 0 Å². The van der Waals surface area contributed by atoms with E-state index in [1.807, 2.05) is 19.2 Å². The van der Waals surface area contributed by atoms with Crippen LogP contribution < -0.4 is 0 Å². The lowest BCUT2D eigenvalue weighted by Crippen LogP contribution is -2.02. The van der Waals surface area contributed by atoms with Crippen LogP contribution in [0.5, 0.6) is 0 Å². The number of carbonyl (C=O) groups excluding carboxylic acids is 1. The number of oxazole rings is 1. The van der Waals surface area contributed by atoms with Crippen LogP contribution >= 0.6 is 0 Å². The van der Waals surface area contributed by atoms with Crippen LogP contribution in [0.2, 0.25) is 0 Å². The molecule has 0 saturated carbocycles. The van der Waals surface area contributed by atoms with E-state index in [9.17, 15) is 4.79 Å². The lowest BCUT2D eigenvalue weighted by molar-refractivity contribution is 0.111. The molecule has 0 bridgehead atoms. The number of carbonyl (C=O) groups is 1. The van der Waals surface area contributed by atoms with Crippen molar-refractivity contribution in [2.24, 2.45) is 0 Å². The minimum Gasteiger partial charge on any atom is -0.444 e. The zero-order valence-corrected chi connectivity index (χ0v) is 7.80. The number of aromatic nitrogens is 2. The van der Waals surface area contributed by atoms with Crippen molar-refractivity contribution in [2.45, 2.75) is 13.5 Å². The fourth-order valence-electron chi connectivity index (χ4n) is 1.30. The molecule has 0 aromatic carbocycles. The van der Waals surface area contributed by atoms with Crippen LogP contribution in [0.25, 0.3) is 0 Å².